The van der Waals surface area contributed by atoms with E-state index in [1.165, 1.54) is 5.56 Å². The Hall–Kier alpha value is -1.63. The van der Waals surface area contributed by atoms with Gasteiger partial charge >= 0.3 is 0 Å². The van der Waals surface area contributed by atoms with Crippen molar-refractivity contribution in [3.05, 3.63) is 52.2 Å². The molecule has 20 heavy (non-hydrogen) atoms. The zero-order valence-electron chi connectivity index (χ0n) is 12.4. The summed E-state index contributed by atoms with van der Waals surface area (Å²) in [5.74, 6) is 3.30. The average molecular weight is 297 g/mol. The molecule has 1 heterocycles. The van der Waals surface area contributed by atoms with Crippen molar-refractivity contribution >= 4 is 30.8 Å². The summed E-state index contributed by atoms with van der Waals surface area (Å²) in [5.41, 5.74) is 6.49. The second-order valence-corrected chi connectivity index (χ2v) is 11.5. The normalized spacial score (nSPS) is 11.9. The molecule has 0 bridgehead atoms. The average Bonchev–Trinajstić information content (AvgIpc) is 2.89. The Morgan fingerprint density at radius 3 is 2.35 bits per heavy atom. The van der Waals surface area contributed by atoms with E-state index in [9.17, 15) is 0 Å². The third-order valence-electron chi connectivity index (χ3n) is 2.59. The van der Waals surface area contributed by atoms with Crippen molar-refractivity contribution in [1.82, 2.24) is 0 Å². The van der Waals surface area contributed by atoms with Crippen LogP contribution in [0.15, 0.2) is 46.8 Å². The van der Waals surface area contributed by atoms with Crippen LogP contribution in [0.2, 0.25) is 19.6 Å². The monoisotopic (exact) mass is 297 g/mol. The van der Waals surface area contributed by atoms with Crippen LogP contribution in [0.1, 0.15) is 10.4 Å². The second kappa shape index (κ2) is 6.21. The molecule has 0 N–H and O–H groups in total. The Balaban J connectivity index is 2.41. The van der Waals surface area contributed by atoms with Gasteiger partial charge in [-0.3, -0.25) is 0 Å². The lowest BCUT2D eigenvalue weighted by atomic mass is 10.2. The summed E-state index contributed by atoms with van der Waals surface area (Å²) in [6, 6.07) is 12.4. The minimum atomic E-state index is -1.40. The summed E-state index contributed by atoms with van der Waals surface area (Å²) in [7, 11) is -1.40. The largest absolute Gasteiger partial charge is 0.238 e. The highest BCUT2D eigenvalue weighted by Gasteiger charge is 2.09. The van der Waals surface area contributed by atoms with Crippen LogP contribution in [0.3, 0.4) is 0 Å². The van der Waals surface area contributed by atoms with Crippen molar-refractivity contribution in [2.45, 2.75) is 26.6 Å². The Labute approximate surface area is 126 Å². The number of aryl methyl sites for hydroxylation is 1. The summed E-state index contributed by atoms with van der Waals surface area (Å²) in [5, 5.41) is 2.07. The van der Waals surface area contributed by atoms with Gasteiger partial charge in [-0.1, -0.05) is 49.3 Å². The third-order valence-corrected chi connectivity index (χ3v) is 4.34. The summed E-state index contributed by atoms with van der Waals surface area (Å²) in [4.78, 5) is 5.86. The first-order valence-corrected chi connectivity index (χ1v) is 11.0. The van der Waals surface area contributed by atoms with E-state index in [-0.39, 0.29) is 0 Å². The summed E-state index contributed by atoms with van der Waals surface area (Å²) >= 11 is 1.69. The fraction of sp³-hybridized carbons (Fsp3) is 0.235. The molecule has 3 heteroatoms. The fourth-order valence-corrected chi connectivity index (χ4v) is 2.72. The molecule has 0 aliphatic rings. The van der Waals surface area contributed by atoms with Gasteiger partial charge in [0.25, 0.3) is 0 Å². The number of hydrogen-bond acceptors (Lipinski definition) is 2. The zero-order chi connectivity index (χ0) is 14.6. The molecule has 0 aliphatic heterocycles. The third kappa shape index (κ3) is 4.48. The van der Waals surface area contributed by atoms with Crippen molar-refractivity contribution in [1.29, 1.82) is 0 Å². The molecule has 0 saturated carbocycles. The maximum Gasteiger partial charge on any atom is 0.130 e. The molecular formula is C17H19NSSi. The minimum Gasteiger partial charge on any atom is -0.238 e. The van der Waals surface area contributed by atoms with Gasteiger partial charge in [0.1, 0.15) is 13.8 Å². The van der Waals surface area contributed by atoms with Crippen molar-refractivity contribution < 1.29 is 0 Å². The zero-order valence-corrected chi connectivity index (χ0v) is 14.2. The molecule has 1 aromatic heterocycles. The number of thiophene rings is 1. The van der Waals surface area contributed by atoms with Gasteiger partial charge in [0.05, 0.1) is 10.6 Å². The number of hydrogen-bond donors (Lipinski definition) is 0. The van der Waals surface area contributed by atoms with Crippen LogP contribution < -0.4 is 0 Å². The molecule has 0 aliphatic carbocycles. The molecule has 1 aromatic carbocycles. The van der Waals surface area contributed by atoms with Crippen LogP contribution in [-0.2, 0) is 0 Å². The maximum absolute atomic E-state index is 4.72. The number of benzene rings is 1. The lowest BCUT2D eigenvalue weighted by molar-refractivity contribution is 1.44. The van der Waals surface area contributed by atoms with Crippen molar-refractivity contribution in [2.24, 2.45) is 4.99 Å². The lowest BCUT2D eigenvalue weighted by Gasteiger charge is -2.04. The Morgan fingerprint density at radius 2 is 1.80 bits per heavy atom. The smallest absolute Gasteiger partial charge is 0.130 e. The molecule has 0 amide bonds. The first-order valence-electron chi connectivity index (χ1n) is 6.66. The topological polar surface area (TPSA) is 12.4 Å². The van der Waals surface area contributed by atoms with E-state index in [0.29, 0.717) is 0 Å². The van der Waals surface area contributed by atoms with Crippen molar-refractivity contribution in [3.8, 4) is 11.5 Å². The van der Waals surface area contributed by atoms with Gasteiger partial charge in [-0.2, -0.15) is 0 Å². The first kappa shape index (κ1) is 14.8. The van der Waals surface area contributed by atoms with Gasteiger partial charge in [0.15, 0.2) is 0 Å². The number of nitrogens with zero attached hydrogens (tertiary/aromatic N) is 1. The lowest BCUT2D eigenvalue weighted by Crippen LogP contribution is -2.17. The van der Waals surface area contributed by atoms with Crippen LogP contribution in [-0.4, -0.2) is 13.8 Å². The summed E-state index contributed by atoms with van der Waals surface area (Å²) < 4.78 is 0. The highest BCUT2D eigenvalue weighted by atomic mass is 32.1. The molecule has 0 spiro atoms. The maximum atomic E-state index is 4.72. The van der Waals surface area contributed by atoms with Crippen molar-refractivity contribution in [3.63, 3.8) is 0 Å². The molecule has 1 nitrogen and oxygen atoms in total. The molecular weight excluding hydrogens is 278 g/mol. The standard InChI is InChI=1S/C17H19NSSi/c1-14-7-9-15(10-8-14)18-16(11-13-20(2,3)4)17-6-5-12-19-17/h5-10,12H,1-4H3. The van der Waals surface area contributed by atoms with Crippen LogP contribution in [0.5, 0.6) is 0 Å². The van der Waals surface area contributed by atoms with Gasteiger partial charge in [-0.15, -0.1) is 16.9 Å². The molecule has 102 valence electrons. The van der Waals surface area contributed by atoms with Gasteiger partial charge < -0.3 is 0 Å². The summed E-state index contributed by atoms with van der Waals surface area (Å²) in [6.45, 7) is 8.83. The van der Waals surface area contributed by atoms with Gasteiger partial charge in [0.2, 0.25) is 0 Å². The Kier molecular flexibility index (Phi) is 4.59. The van der Waals surface area contributed by atoms with Crippen molar-refractivity contribution in [2.75, 3.05) is 0 Å². The fourth-order valence-electron chi connectivity index (χ4n) is 1.55. The van der Waals surface area contributed by atoms with Gasteiger partial charge in [-0.25, -0.2) is 4.99 Å². The molecule has 2 rings (SSSR count). The van der Waals surface area contributed by atoms with E-state index in [2.05, 4.69) is 61.6 Å². The SMILES string of the molecule is Cc1ccc(N=C(C#C[Si](C)(C)C)c2cccs2)cc1. The molecule has 0 radical (unpaired) electrons. The second-order valence-electron chi connectivity index (χ2n) is 5.77. The van der Waals surface area contributed by atoms with Gasteiger partial charge in [-0.05, 0) is 30.5 Å². The van der Waals surface area contributed by atoms with E-state index in [1.807, 2.05) is 18.2 Å². The highest BCUT2D eigenvalue weighted by molar-refractivity contribution is 7.12. The molecule has 0 fully saturated rings. The predicted octanol–water partition coefficient (Wildman–Crippen LogP) is 5.06. The Morgan fingerprint density at radius 1 is 1.10 bits per heavy atom. The van der Waals surface area contributed by atoms with E-state index in [0.717, 1.165) is 16.3 Å². The number of rotatable bonds is 2. The van der Waals surface area contributed by atoms with E-state index in [4.69, 9.17) is 4.99 Å². The van der Waals surface area contributed by atoms with Crippen LogP contribution in [0.4, 0.5) is 5.69 Å². The van der Waals surface area contributed by atoms with E-state index in [1.54, 1.807) is 11.3 Å². The molecule has 0 saturated heterocycles. The van der Waals surface area contributed by atoms with E-state index < -0.39 is 8.07 Å². The van der Waals surface area contributed by atoms with Crippen LogP contribution >= 0.6 is 11.3 Å². The predicted molar refractivity (Wildman–Crippen MR) is 92.8 cm³/mol. The van der Waals surface area contributed by atoms with Crippen LogP contribution in [0.25, 0.3) is 0 Å². The minimum absolute atomic E-state index is 0.881. The molecule has 0 unspecified atom stereocenters. The first-order chi connectivity index (χ1) is 9.44. The molecule has 2 aromatic rings. The van der Waals surface area contributed by atoms with Gasteiger partial charge in [0, 0.05) is 0 Å². The summed E-state index contributed by atoms with van der Waals surface area (Å²) in [6.07, 6.45) is 0. The molecule has 0 atom stereocenters. The van der Waals surface area contributed by atoms with Crippen LogP contribution in [0, 0.1) is 18.4 Å². The highest BCUT2D eigenvalue weighted by Crippen LogP contribution is 2.17. The Bertz CT molecular complexity index is 650. The number of aliphatic imine (C=N–C) groups is 1. The van der Waals surface area contributed by atoms with E-state index >= 15 is 0 Å². The quantitative estimate of drug-likeness (QED) is 0.417.